The number of amides is 2. The molecule has 0 atom stereocenters. The van der Waals surface area contributed by atoms with E-state index in [1.807, 2.05) is 0 Å². The highest BCUT2D eigenvalue weighted by Gasteiger charge is 2.71. The fourth-order valence-electron chi connectivity index (χ4n) is 4.48. The summed E-state index contributed by atoms with van der Waals surface area (Å²) < 4.78 is 81.2. The second-order valence-corrected chi connectivity index (χ2v) is 9.13. The van der Waals surface area contributed by atoms with Gasteiger partial charge in [0, 0.05) is 16.1 Å². The van der Waals surface area contributed by atoms with Gasteiger partial charge in [-0.2, -0.15) is 31.6 Å². The molecule has 0 bridgehead atoms. The normalized spacial score (nSPS) is 14.7. The predicted octanol–water partition coefficient (Wildman–Crippen LogP) is 5.23. The molecule has 2 amide bonds. The number of aliphatic hydroxyl groups is 1. The Morgan fingerprint density at radius 2 is 1.50 bits per heavy atom. The predicted molar refractivity (Wildman–Crippen MR) is 121 cm³/mol. The largest absolute Gasteiger partial charge is 0.430 e. The molecule has 0 radical (unpaired) electrons. The Hall–Kier alpha value is -3.11. The first-order valence-electron chi connectivity index (χ1n) is 10.8. The van der Waals surface area contributed by atoms with Gasteiger partial charge >= 0.3 is 18.4 Å². The standard InChI is InChI=1S/C22H20F6N2O2S.CH2N2/c23-21(24,25)20(32,22(26,27)28)14-6-3-7-15(11-14)33-30-19(31)29-18-16-8-1-4-12(16)10-13-5-2-9-17(13)18;2-1-3/h3,6-7,10-11,32H,1-2,4-5,8-9H2,(H2,29,30,31);2H2. The Bertz CT molecular complexity index is 1130. The fraction of sp³-hybridized carbons (Fsp3) is 0.391. The van der Waals surface area contributed by atoms with Crippen LogP contribution in [-0.2, 0) is 31.3 Å². The van der Waals surface area contributed by atoms with E-state index in [1.54, 1.807) is 0 Å². The molecule has 0 fully saturated rings. The summed E-state index contributed by atoms with van der Waals surface area (Å²) in [7, 11) is 0. The number of nitrogens with zero attached hydrogens (tertiary/aromatic N) is 1. The molecule has 36 heavy (non-hydrogen) atoms. The second-order valence-electron chi connectivity index (χ2n) is 8.26. The fourth-order valence-corrected chi connectivity index (χ4v) is 5.08. The van der Waals surface area contributed by atoms with Gasteiger partial charge < -0.3 is 16.2 Å². The number of anilines is 1. The van der Waals surface area contributed by atoms with Gasteiger partial charge in [-0.25, -0.2) is 4.79 Å². The van der Waals surface area contributed by atoms with Gasteiger partial charge in [0.05, 0.1) is 0 Å². The zero-order chi connectivity index (χ0) is 26.7. The summed E-state index contributed by atoms with van der Waals surface area (Å²) in [5.41, 5.74) is 3.07. The topological polar surface area (TPSA) is 111 Å². The van der Waals surface area contributed by atoms with E-state index in [4.69, 9.17) is 5.26 Å². The Balaban J connectivity index is 0.00000115. The average molecular weight is 533 g/mol. The van der Waals surface area contributed by atoms with Crippen molar-refractivity contribution in [3.63, 3.8) is 0 Å². The minimum absolute atomic E-state index is 0.0990. The maximum absolute atomic E-state index is 13.1. The molecular formula is C23H22F6N4O2S. The maximum Gasteiger partial charge on any atom is 0.430 e. The molecule has 13 heteroatoms. The number of nitrogens with one attached hydrogen (secondary N) is 2. The molecule has 0 saturated carbocycles. The second kappa shape index (κ2) is 10.5. The number of benzene rings is 2. The number of hydrogen-bond donors (Lipinski definition) is 4. The number of urea groups is 1. The van der Waals surface area contributed by atoms with Crippen molar-refractivity contribution in [3.05, 3.63) is 58.1 Å². The number of nitrogens with two attached hydrogens (primary N) is 1. The minimum atomic E-state index is -5.98. The molecule has 194 valence electrons. The quantitative estimate of drug-likeness (QED) is 0.187. The zero-order valence-electron chi connectivity index (χ0n) is 18.7. The van der Waals surface area contributed by atoms with Crippen LogP contribution in [0.1, 0.15) is 40.7 Å². The van der Waals surface area contributed by atoms with E-state index in [9.17, 15) is 36.2 Å². The Kier molecular flexibility index (Phi) is 8.00. The van der Waals surface area contributed by atoms with Gasteiger partial charge in [-0.3, -0.25) is 4.72 Å². The summed E-state index contributed by atoms with van der Waals surface area (Å²) in [6, 6.07) is 4.85. The van der Waals surface area contributed by atoms with E-state index in [0.717, 1.165) is 61.4 Å². The number of nitriles is 1. The van der Waals surface area contributed by atoms with Gasteiger partial charge in [0.1, 0.15) is 0 Å². The maximum atomic E-state index is 13.1. The Morgan fingerprint density at radius 3 is 2.00 bits per heavy atom. The van der Waals surface area contributed by atoms with Crippen LogP contribution in [0.2, 0.25) is 0 Å². The molecule has 5 N–H and O–H groups in total. The Labute approximate surface area is 207 Å². The van der Waals surface area contributed by atoms with Crippen molar-refractivity contribution in [2.24, 2.45) is 5.73 Å². The van der Waals surface area contributed by atoms with Crippen LogP contribution in [0.3, 0.4) is 0 Å². The third-order valence-electron chi connectivity index (χ3n) is 6.05. The molecule has 0 aliphatic heterocycles. The van der Waals surface area contributed by atoms with Gasteiger partial charge in [-0.05, 0) is 84.9 Å². The third-order valence-corrected chi connectivity index (χ3v) is 6.82. The first-order chi connectivity index (χ1) is 16.8. The van der Waals surface area contributed by atoms with Crippen LogP contribution < -0.4 is 15.8 Å². The number of halogens is 6. The van der Waals surface area contributed by atoms with Gasteiger partial charge in [0.2, 0.25) is 0 Å². The minimum Gasteiger partial charge on any atom is -0.369 e. The van der Waals surface area contributed by atoms with Gasteiger partial charge in [-0.1, -0.05) is 18.2 Å². The molecule has 2 aromatic carbocycles. The van der Waals surface area contributed by atoms with E-state index in [0.29, 0.717) is 24.1 Å². The molecule has 2 aliphatic carbocycles. The van der Waals surface area contributed by atoms with Gasteiger partial charge in [0.15, 0.2) is 6.19 Å². The lowest BCUT2D eigenvalue weighted by atomic mass is 9.92. The lowest BCUT2D eigenvalue weighted by molar-refractivity contribution is -0.376. The summed E-state index contributed by atoms with van der Waals surface area (Å²) in [6.07, 6.45) is -5.21. The summed E-state index contributed by atoms with van der Waals surface area (Å²) in [5, 5.41) is 19.5. The number of hydrogen-bond acceptors (Lipinski definition) is 5. The van der Waals surface area contributed by atoms with E-state index in [1.165, 1.54) is 23.4 Å². The van der Waals surface area contributed by atoms with Crippen LogP contribution >= 0.6 is 11.9 Å². The molecule has 0 aromatic heterocycles. The SMILES string of the molecule is N#CN.O=C(NSc1cccc(C(O)(C(F)(F)F)C(F)(F)F)c1)Nc1c2c(cc3c1CCC3)CCC2. The molecule has 2 aromatic rings. The Morgan fingerprint density at radius 1 is 0.972 bits per heavy atom. The number of carbonyl (C=O) groups is 1. The number of alkyl halides is 6. The lowest BCUT2D eigenvalue weighted by Crippen LogP contribution is -2.53. The monoisotopic (exact) mass is 532 g/mol. The highest BCUT2D eigenvalue weighted by atomic mass is 32.2. The first kappa shape index (κ1) is 27.5. The van der Waals surface area contributed by atoms with E-state index in [-0.39, 0.29) is 4.90 Å². The smallest absolute Gasteiger partial charge is 0.369 e. The highest BCUT2D eigenvalue weighted by Crippen LogP contribution is 2.50. The van der Waals surface area contributed by atoms with Gasteiger partial charge in [0.25, 0.3) is 5.60 Å². The van der Waals surface area contributed by atoms with Crippen molar-refractivity contribution < 1.29 is 36.2 Å². The molecule has 2 aliphatic rings. The van der Waals surface area contributed by atoms with Crippen LogP contribution in [0.25, 0.3) is 0 Å². The zero-order valence-corrected chi connectivity index (χ0v) is 19.5. The van der Waals surface area contributed by atoms with Gasteiger partial charge in [-0.15, -0.1) is 0 Å². The third kappa shape index (κ3) is 5.34. The van der Waals surface area contributed by atoms with Crippen molar-refractivity contribution in [3.8, 4) is 6.19 Å². The number of fused-ring (bicyclic) bond motifs is 2. The van der Waals surface area contributed by atoms with E-state index < -0.39 is 29.5 Å². The highest BCUT2D eigenvalue weighted by molar-refractivity contribution is 7.98. The number of carbonyl (C=O) groups excluding carboxylic acids is 1. The average Bonchev–Trinajstić information content (AvgIpc) is 3.45. The van der Waals surface area contributed by atoms with E-state index >= 15 is 0 Å². The summed E-state index contributed by atoms with van der Waals surface area (Å²) in [4.78, 5) is 12.4. The summed E-state index contributed by atoms with van der Waals surface area (Å²) in [6.45, 7) is 0. The number of rotatable bonds is 4. The molecule has 0 unspecified atom stereocenters. The van der Waals surface area contributed by atoms with Crippen molar-refractivity contribution in [1.82, 2.24) is 4.72 Å². The van der Waals surface area contributed by atoms with E-state index in [2.05, 4.69) is 21.8 Å². The first-order valence-corrected chi connectivity index (χ1v) is 11.6. The molecular weight excluding hydrogens is 510 g/mol. The lowest BCUT2D eigenvalue weighted by Gasteiger charge is -2.32. The van der Waals surface area contributed by atoms with Crippen LogP contribution in [-0.4, -0.2) is 23.5 Å². The molecule has 0 spiro atoms. The van der Waals surface area contributed by atoms with Crippen LogP contribution in [0.15, 0.2) is 35.2 Å². The van der Waals surface area contributed by atoms with Crippen molar-refractivity contribution in [2.45, 2.75) is 61.4 Å². The van der Waals surface area contributed by atoms with Crippen LogP contribution in [0.5, 0.6) is 0 Å². The van der Waals surface area contributed by atoms with Crippen molar-refractivity contribution >= 4 is 23.7 Å². The van der Waals surface area contributed by atoms with Crippen LogP contribution in [0.4, 0.5) is 36.8 Å². The number of aryl methyl sites for hydroxylation is 2. The molecule has 4 rings (SSSR count). The van der Waals surface area contributed by atoms with Crippen molar-refractivity contribution in [2.75, 3.05) is 5.32 Å². The molecule has 0 heterocycles. The van der Waals surface area contributed by atoms with Crippen molar-refractivity contribution in [1.29, 1.82) is 5.26 Å². The summed E-state index contributed by atoms with van der Waals surface area (Å²) >= 11 is 0.558. The molecule has 0 saturated heterocycles. The van der Waals surface area contributed by atoms with Crippen LogP contribution in [0, 0.1) is 11.5 Å². The molecule has 6 nitrogen and oxygen atoms in total. The summed E-state index contributed by atoms with van der Waals surface area (Å²) in [5.74, 6) is 0.